The van der Waals surface area contributed by atoms with Crippen molar-refractivity contribution in [2.24, 2.45) is 11.8 Å². The lowest BCUT2D eigenvalue weighted by molar-refractivity contribution is 0.265. The summed E-state index contributed by atoms with van der Waals surface area (Å²) < 4.78 is 0. The maximum atomic E-state index is 4.35. The Balaban J connectivity index is 1.65. The van der Waals surface area contributed by atoms with E-state index >= 15 is 0 Å². The summed E-state index contributed by atoms with van der Waals surface area (Å²) >= 11 is 1.68. The average molecular weight is 252 g/mol. The SMILES string of the molecule is CC1CCCC(CCNC(C)c2cscn2)C1. The van der Waals surface area contributed by atoms with Gasteiger partial charge in [-0.05, 0) is 38.1 Å². The first-order valence-corrected chi connectivity index (χ1v) is 7.81. The van der Waals surface area contributed by atoms with E-state index in [0.29, 0.717) is 6.04 Å². The highest BCUT2D eigenvalue weighted by molar-refractivity contribution is 7.07. The van der Waals surface area contributed by atoms with Crippen LogP contribution in [0, 0.1) is 11.8 Å². The quantitative estimate of drug-likeness (QED) is 0.856. The van der Waals surface area contributed by atoms with Crippen LogP contribution in [-0.2, 0) is 0 Å². The molecule has 0 radical (unpaired) electrons. The summed E-state index contributed by atoms with van der Waals surface area (Å²) in [4.78, 5) is 4.35. The van der Waals surface area contributed by atoms with Gasteiger partial charge >= 0.3 is 0 Å². The minimum atomic E-state index is 0.405. The molecule has 1 fully saturated rings. The molecule has 2 rings (SSSR count). The van der Waals surface area contributed by atoms with E-state index in [9.17, 15) is 0 Å². The first kappa shape index (κ1) is 13.0. The Morgan fingerprint density at radius 1 is 1.53 bits per heavy atom. The molecule has 1 aromatic heterocycles. The van der Waals surface area contributed by atoms with Crippen LogP contribution in [0.4, 0.5) is 0 Å². The molecular formula is C14H24N2S. The smallest absolute Gasteiger partial charge is 0.0795 e. The Hall–Kier alpha value is -0.410. The number of nitrogens with one attached hydrogen (secondary N) is 1. The van der Waals surface area contributed by atoms with E-state index in [1.165, 1.54) is 37.8 Å². The summed E-state index contributed by atoms with van der Waals surface area (Å²) in [5, 5.41) is 5.73. The van der Waals surface area contributed by atoms with Gasteiger partial charge in [-0.15, -0.1) is 11.3 Å². The van der Waals surface area contributed by atoms with Gasteiger partial charge in [0.05, 0.1) is 11.2 Å². The summed E-state index contributed by atoms with van der Waals surface area (Å²) in [6.07, 6.45) is 7.09. The Morgan fingerprint density at radius 3 is 3.12 bits per heavy atom. The minimum absolute atomic E-state index is 0.405. The molecule has 0 amide bonds. The lowest BCUT2D eigenvalue weighted by Gasteiger charge is -2.27. The summed E-state index contributed by atoms with van der Waals surface area (Å²) in [7, 11) is 0. The van der Waals surface area contributed by atoms with Crippen LogP contribution >= 0.6 is 11.3 Å². The molecule has 1 saturated carbocycles. The Morgan fingerprint density at radius 2 is 2.41 bits per heavy atom. The summed E-state index contributed by atoms with van der Waals surface area (Å²) in [5.74, 6) is 1.90. The lowest BCUT2D eigenvalue weighted by Crippen LogP contribution is -2.24. The number of thiazole rings is 1. The van der Waals surface area contributed by atoms with Gasteiger partial charge in [-0.3, -0.25) is 0 Å². The minimum Gasteiger partial charge on any atom is -0.309 e. The van der Waals surface area contributed by atoms with Gasteiger partial charge in [-0.2, -0.15) is 0 Å². The van der Waals surface area contributed by atoms with Crippen LogP contribution in [0.5, 0.6) is 0 Å². The average Bonchev–Trinajstić information content (AvgIpc) is 2.82. The predicted octanol–water partition coefficient (Wildman–Crippen LogP) is 4.01. The second kappa shape index (κ2) is 6.50. The van der Waals surface area contributed by atoms with Gasteiger partial charge in [0.1, 0.15) is 0 Å². The molecule has 3 heteroatoms. The maximum Gasteiger partial charge on any atom is 0.0795 e. The third-order valence-electron chi connectivity index (χ3n) is 3.94. The van der Waals surface area contributed by atoms with Gasteiger partial charge in [0.2, 0.25) is 0 Å². The van der Waals surface area contributed by atoms with Gasteiger partial charge in [0.15, 0.2) is 0 Å². The standard InChI is InChI=1S/C14H24N2S/c1-11-4-3-5-13(8-11)6-7-15-12(2)14-9-17-10-16-14/h9-13,15H,3-8H2,1-2H3. The third kappa shape index (κ3) is 4.07. The lowest BCUT2D eigenvalue weighted by atomic mass is 9.81. The Bertz CT molecular complexity index is 310. The van der Waals surface area contributed by atoms with Crippen molar-refractivity contribution < 1.29 is 0 Å². The molecule has 3 unspecified atom stereocenters. The molecule has 1 N–H and O–H groups in total. The van der Waals surface area contributed by atoms with Crippen LogP contribution in [0.15, 0.2) is 10.9 Å². The second-order valence-electron chi connectivity index (χ2n) is 5.52. The van der Waals surface area contributed by atoms with Crippen LogP contribution in [0.1, 0.15) is 57.7 Å². The fourth-order valence-corrected chi connectivity index (χ4v) is 3.51. The summed E-state index contributed by atoms with van der Waals surface area (Å²) in [5.41, 5.74) is 3.10. The van der Waals surface area contributed by atoms with E-state index in [-0.39, 0.29) is 0 Å². The van der Waals surface area contributed by atoms with Crippen molar-refractivity contribution in [2.45, 2.75) is 52.0 Å². The van der Waals surface area contributed by atoms with Crippen molar-refractivity contribution in [3.8, 4) is 0 Å². The molecule has 0 saturated heterocycles. The topological polar surface area (TPSA) is 24.9 Å². The van der Waals surface area contributed by atoms with E-state index in [4.69, 9.17) is 0 Å². The van der Waals surface area contributed by atoms with Crippen LogP contribution in [0.25, 0.3) is 0 Å². The highest BCUT2D eigenvalue weighted by Crippen LogP contribution is 2.30. The van der Waals surface area contributed by atoms with Crippen LogP contribution in [0.2, 0.25) is 0 Å². The molecule has 1 aliphatic carbocycles. The van der Waals surface area contributed by atoms with Crippen molar-refractivity contribution in [2.75, 3.05) is 6.54 Å². The molecule has 1 aliphatic rings. The maximum absolute atomic E-state index is 4.35. The third-order valence-corrected chi connectivity index (χ3v) is 4.55. The van der Waals surface area contributed by atoms with E-state index in [2.05, 4.69) is 29.5 Å². The largest absolute Gasteiger partial charge is 0.309 e. The number of hydrogen-bond donors (Lipinski definition) is 1. The van der Waals surface area contributed by atoms with Gasteiger partial charge in [-0.1, -0.05) is 26.2 Å². The van der Waals surface area contributed by atoms with Crippen LogP contribution in [-0.4, -0.2) is 11.5 Å². The molecule has 1 aromatic rings. The molecule has 0 bridgehead atoms. The number of hydrogen-bond acceptors (Lipinski definition) is 3. The molecule has 0 aromatic carbocycles. The number of rotatable bonds is 5. The van der Waals surface area contributed by atoms with Gasteiger partial charge in [0, 0.05) is 11.4 Å². The predicted molar refractivity (Wildman–Crippen MR) is 74.3 cm³/mol. The monoisotopic (exact) mass is 252 g/mol. The normalized spacial score (nSPS) is 26.9. The molecule has 0 aliphatic heterocycles. The molecular weight excluding hydrogens is 228 g/mol. The van der Waals surface area contributed by atoms with E-state index in [1.807, 2.05) is 5.51 Å². The summed E-state index contributed by atoms with van der Waals surface area (Å²) in [6.45, 7) is 5.74. The van der Waals surface area contributed by atoms with Crippen molar-refractivity contribution in [1.29, 1.82) is 0 Å². The highest BCUT2D eigenvalue weighted by atomic mass is 32.1. The Kier molecular flexibility index (Phi) is 4.99. The molecule has 2 nitrogen and oxygen atoms in total. The van der Waals surface area contributed by atoms with Gasteiger partial charge in [-0.25, -0.2) is 4.98 Å². The van der Waals surface area contributed by atoms with Crippen molar-refractivity contribution >= 4 is 11.3 Å². The zero-order chi connectivity index (χ0) is 12.1. The molecule has 17 heavy (non-hydrogen) atoms. The fourth-order valence-electron chi connectivity index (χ4n) is 2.87. The van der Waals surface area contributed by atoms with E-state index in [0.717, 1.165) is 18.4 Å². The fraction of sp³-hybridized carbons (Fsp3) is 0.786. The van der Waals surface area contributed by atoms with Crippen molar-refractivity contribution in [3.05, 3.63) is 16.6 Å². The zero-order valence-electron chi connectivity index (χ0n) is 11.0. The van der Waals surface area contributed by atoms with Crippen LogP contribution < -0.4 is 5.32 Å². The van der Waals surface area contributed by atoms with E-state index in [1.54, 1.807) is 11.3 Å². The highest BCUT2D eigenvalue weighted by Gasteiger charge is 2.18. The molecule has 3 atom stereocenters. The van der Waals surface area contributed by atoms with Gasteiger partial charge < -0.3 is 5.32 Å². The summed E-state index contributed by atoms with van der Waals surface area (Å²) in [6, 6.07) is 0.405. The van der Waals surface area contributed by atoms with Crippen LogP contribution in [0.3, 0.4) is 0 Å². The number of nitrogens with zero attached hydrogens (tertiary/aromatic N) is 1. The Labute approximate surface area is 109 Å². The zero-order valence-corrected chi connectivity index (χ0v) is 11.8. The first-order valence-electron chi connectivity index (χ1n) is 6.87. The molecule has 1 heterocycles. The van der Waals surface area contributed by atoms with E-state index < -0.39 is 0 Å². The van der Waals surface area contributed by atoms with Crippen molar-refractivity contribution in [1.82, 2.24) is 10.3 Å². The molecule has 0 spiro atoms. The first-order chi connectivity index (χ1) is 8.25. The molecule has 96 valence electrons. The van der Waals surface area contributed by atoms with Crippen molar-refractivity contribution in [3.63, 3.8) is 0 Å². The van der Waals surface area contributed by atoms with Gasteiger partial charge in [0.25, 0.3) is 0 Å². The number of aromatic nitrogens is 1. The second-order valence-corrected chi connectivity index (χ2v) is 6.23.